The Kier molecular flexibility index (Phi) is 5.24. The highest BCUT2D eigenvalue weighted by atomic mass is 16.3. The Morgan fingerprint density at radius 3 is 2.74 bits per heavy atom. The molecule has 3 heterocycles. The Balaban J connectivity index is 1.58. The summed E-state index contributed by atoms with van der Waals surface area (Å²) in [6.07, 6.45) is 5.29. The molecule has 5 heteroatoms. The molecule has 0 amide bonds. The van der Waals surface area contributed by atoms with E-state index in [0.717, 1.165) is 25.1 Å². The molecule has 0 bridgehead atoms. The lowest BCUT2D eigenvalue weighted by molar-refractivity contribution is 0.0614. The zero-order valence-corrected chi connectivity index (χ0v) is 16.8. The van der Waals surface area contributed by atoms with Crippen molar-refractivity contribution in [2.75, 3.05) is 19.6 Å². The summed E-state index contributed by atoms with van der Waals surface area (Å²) in [5.74, 6) is 1.02. The van der Waals surface area contributed by atoms with Crippen molar-refractivity contribution in [2.24, 2.45) is 5.92 Å². The number of benzene rings is 1. The molecular formula is C22H32N4O. The Morgan fingerprint density at radius 1 is 1.22 bits per heavy atom. The second-order valence-electron chi connectivity index (χ2n) is 8.53. The molecule has 0 spiro atoms. The average Bonchev–Trinajstić information content (AvgIpc) is 3.13. The van der Waals surface area contributed by atoms with Crippen molar-refractivity contribution < 1.29 is 5.11 Å². The number of phenols is 1. The minimum absolute atomic E-state index is 0.342. The van der Waals surface area contributed by atoms with E-state index in [0.29, 0.717) is 23.8 Å². The molecule has 0 radical (unpaired) electrons. The summed E-state index contributed by atoms with van der Waals surface area (Å²) in [4.78, 5) is 13.2. The SMILES string of the molecule is Cc1ccc(O)c(CN2CCc3[nH]cnc3[C@H]2C2CCN(C(C)C)CC2)c1. The molecule has 2 aliphatic heterocycles. The molecule has 1 fully saturated rings. The fourth-order valence-electron chi connectivity index (χ4n) is 4.86. The van der Waals surface area contributed by atoms with Gasteiger partial charge in [-0.2, -0.15) is 0 Å². The van der Waals surface area contributed by atoms with Gasteiger partial charge in [-0.3, -0.25) is 4.90 Å². The van der Waals surface area contributed by atoms with Crippen LogP contribution in [0.15, 0.2) is 24.5 Å². The molecule has 1 aromatic carbocycles. The molecule has 0 aliphatic carbocycles. The summed E-state index contributed by atoms with van der Waals surface area (Å²) in [5, 5.41) is 10.4. The number of H-pyrrole nitrogens is 1. The summed E-state index contributed by atoms with van der Waals surface area (Å²) in [5.41, 5.74) is 4.76. The van der Waals surface area contributed by atoms with Crippen LogP contribution in [0.25, 0.3) is 0 Å². The van der Waals surface area contributed by atoms with Gasteiger partial charge >= 0.3 is 0 Å². The van der Waals surface area contributed by atoms with Crippen molar-refractivity contribution in [1.82, 2.24) is 19.8 Å². The summed E-state index contributed by atoms with van der Waals surface area (Å²) in [6, 6.07) is 6.88. The second kappa shape index (κ2) is 7.64. The Bertz CT molecular complexity index is 776. The van der Waals surface area contributed by atoms with Gasteiger partial charge in [0.1, 0.15) is 5.75 Å². The van der Waals surface area contributed by atoms with Gasteiger partial charge in [-0.05, 0) is 58.7 Å². The van der Waals surface area contributed by atoms with Gasteiger partial charge in [-0.25, -0.2) is 4.98 Å². The Morgan fingerprint density at radius 2 is 2.00 bits per heavy atom. The van der Waals surface area contributed by atoms with E-state index in [9.17, 15) is 5.11 Å². The third kappa shape index (κ3) is 3.76. The average molecular weight is 369 g/mol. The first-order valence-corrected chi connectivity index (χ1v) is 10.3. The third-order valence-corrected chi connectivity index (χ3v) is 6.43. The van der Waals surface area contributed by atoms with Crippen molar-refractivity contribution in [2.45, 2.75) is 58.7 Å². The monoisotopic (exact) mass is 368 g/mol. The van der Waals surface area contributed by atoms with Crippen LogP contribution in [-0.2, 0) is 13.0 Å². The van der Waals surface area contributed by atoms with Crippen LogP contribution in [0, 0.1) is 12.8 Å². The highest BCUT2D eigenvalue weighted by Gasteiger charge is 2.37. The zero-order chi connectivity index (χ0) is 19.0. The minimum atomic E-state index is 0.342. The summed E-state index contributed by atoms with van der Waals surface area (Å²) in [7, 11) is 0. The number of piperidine rings is 1. The summed E-state index contributed by atoms with van der Waals surface area (Å²) in [6.45, 7) is 10.8. The predicted molar refractivity (Wildman–Crippen MR) is 108 cm³/mol. The molecule has 1 atom stereocenters. The van der Waals surface area contributed by atoms with E-state index >= 15 is 0 Å². The number of aromatic amines is 1. The fourth-order valence-corrected chi connectivity index (χ4v) is 4.86. The standard InChI is InChI=1S/C22H32N4O/c1-15(2)25-9-6-17(7-10-25)22-21-19(23-14-24-21)8-11-26(22)13-18-12-16(3)4-5-20(18)27/h4-5,12,14-15,17,22,27H,6-11,13H2,1-3H3,(H,23,24)/t22-/m1/s1. The van der Waals surface area contributed by atoms with Crippen LogP contribution in [0.3, 0.4) is 0 Å². The molecule has 146 valence electrons. The molecule has 1 aromatic heterocycles. The molecule has 27 heavy (non-hydrogen) atoms. The number of aryl methyl sites for hydroxylation is 1. The third-order valence-electron chi connectivity index (χ3n) is 6.43. The number of rotatable bonds is 4. The fraction of sp³-hybridized carbons (Fsp3) is 0.591. The number of aromatic nitrogens is 2. The number of fused-ring (bicyclic) bond motifs is 1. The highest BCUT2D eigenvalue weighted by molar-refractivity contribution is 5.36. The quantitative estimate of drug-likeness (QED) is 0.865. The minimum Gasteiger partial charge on any atom is -0.508 e. The zero-order valence-electron chi connectivity index (χ0n) is 16.8. The van der Waals surface area contributed by atoms with E-state index in [1.165, 1.54) is 42.9 Å². The van der Waals surface area contributed by atoms with Crippen LogP contribution in [0.2, 0.25) is 0 Å². The normalized spacial score (nSPS) is 22.3. The van der Waals surface area contributed by atoms with Gasteiger partial charge < -0.3 is 15.0 Å². The van der Waals surface area contributed by atoms with Crippen molar-refractivity contribution in [1.29, 1.82) is 0 Å². The lowest BCUT2D eigenvalue weighted by Gasteiger charge is -2.43. The van der Waals surface area contributed by atoms with Crippen LogP contribution < -0.4 is 0 Å². The molecule has 5 nitrogen and oxygen atoms in total. The number of nitrogens with one attached hydrogen (secondary N) is 1. The number of aromatic hydroxyl groups is 1. The van der Waals surface area contributed by atoms with E-state index in [1.807, 2.05) is 18.5 Å². The van der Waals surface area contributed by atoms with E-state index in [4.69, 9.17) is 4.98 Å². The smallest absolute Gasteiger partial charge is 0.120 e. The molecule has 4 rings (SSSR count). The lowest BCUT2D eigenvalue weighted by Crippen LogP contribution is -2.45. The molecule has 0 saturated carbocycles. The summed E-state index contributed by atoms with van der Waals surface area (Å²) >= 11 is 0. The molecule has 2 aromatic rings. The van der Waals surface area contributed by atoms with E-state index in [2.05, 4.69) is 41.6 Å². The number of hydrogen-bond acceptors (Lipinski definition) is 4. The maximum atomic E-state index is 10.4. The first-order valence-electron chi connectivity index (χ1n) is 10.3. The number of likely N-dealkylation sites (tertiary alicyclic amines) is 1. The molecule has 1 saturated heterocycles. The molecule has 2 N–H and O–H groups in total. The second-order valence-corrected chi connectivity index (χ2v) is 8.53. The van der Waals surface area contributed by atoms with E-state index in [1.54, 1.807) is 0 Å². The van der Waals surface area contributed by atoms with E-state index in [-0.39, 0.29) is 0 Å². The van der Waals surface area contributed by atoms with E-state index < -0.39 is 0 Å². The topological polar surface area (TPSA) is 55.4 Å². The van der Waals surface area contributed by atoms with Crippen LogP contribution in [-0.4, -0.2) is 50.6 Å². The first-order chi connectivity index (χ1) is 13.0. The first kappa shape index (κ1) is 18.5. The van der Waals surface area contributed by atoms with Gasteiger partial charge in [0, 0.05) is 36.8 Å². The molecular weight excluding hydrogens is 336 g/mol. The van der Waals surface area contributed by atoms with Crippen LogP contribution in [0.5, 0.6) is 5.75 Å². The van der Waals surface area contributed by atoms with Crippen LogP contribution >= 0.6 is 0 Å². The van der Waals surface area contributed by atoms with Gasteiger partial charge in [0.2, 0.25) is 0 Å². The number of hydrogen-bond donors (Lipinski definition) is 2. The van der Waals surface area contributed by atoms with Gasteiger partial charge in [0.25, 0.3) is 0 Å². The maximum absolute atomic E-state index is 10.4. The van der Waals surface area contributed by atoms with Crippen LogP contribution in [0.4, 0.5) is 0 Å². The van der Waals surface area contributed by atoms with Crippen LogP contribution in [0.1, 0.15) is 55.2 Å². The number of nitrogens with zero attached hydrogens (tertiary/aromatic N) is 3. The molecule has 2 aliphatic rings. The molecule has 0 unspecified atom stereocenters. The highest BCUT2D eigenvalue weighted by Crippen LogP contribution is 2.40. The lowest BCUT2D eigenvalue weighted by atomic mass is 9.83. The summed E-state index contributed by atoms with van der Waals surface area (Å²) < 4.78 is 0. The van der Waals surface area contributed by atoms with Gasteiger partial charge in [-0.15, -0.1) is 0 Å². The Hall–Kier alpha value is -1.85. The largest absolute Gasteiger partial charge is 0.508 e. The van der Waals surface area contributed by atoms with Crippen molar-refractivity contribution in [3.8, 4) is 5.75 Å². The number of phenolic OH excluding ortho intramolecular Hbond substituents is 1. The maximum Gasteiger partial charge on any atom is 0.120 e. The Labute approximate surface area is 162 Å². The predicted octanol–water partition coefficient (Wildman–Crippen LogP) is 3.64. The van der Waals surface area contributed by atoms with Crippen molar-refractivity contribution in [3.63, 3.8) is 0 Å². The van der Waals surface area contributed by atoms with Crippen molar-refractivity contribution in [3.05, 3.63) is 47.0 Å². The van der Waals surface area contributed by atoms with Crippen molar-refractivity contribution >= 4 is 0 Å². The van der Waals surface area contributed by atoms with Gasteiger partial charge in [-0.1, -0.05) is 17.7 Å². The van der Waals surface area contributed by atoms with Gasteiger partial charge in [0.05, 0.1) is 18.1 Å². The van der Waals surface area contributed by atoms with Gasteiger partial charge in [0.15, 0.2) is 0 Å². The number of imidazole rings is 1.